The Morgan fingerprint density at radius 2 is 2.07 bits per heavy atom. The first-order valence-electron chi connectivity index (χ1n) is 9.48. The smallest absolute Gasteiger partial charge is 0.187 e. The molecule has 1 unspecified atom stereocenters. The van der Waals surface area contributed by atoms with Gasteiger partial charge in [0.15, 0.2) is 5.79 Å². The lowest BCUT2D eigenvalue weighted by atomic mass is 10.0. The first-order chi connectivity index (χ1) is 14.0. The van der Waals surface area contributed by atoms with Gasteiger partial charge in [-0.05, 0) is 41.8 Å². The van der Waals surface area contributed by atoms with Crippen LogP contribution in [0.5, 0.6) is 0 Å². The zero-order valence-electron chi connectivity index (χ0n) is 16.2. The van der Waals surface area contributed by atoms with E-state index in [0.717, 1.165) is 27.9 Å². The van der Waals surface area contributed by atoms with Crippen LogP contribution in [-0.4, -0.2) is 28.0 Å². The third-order valence-electron chi connectivity index (χ3n) is 5.11. The summed E-state index contributed by atoms with van der Waals surface area (Å²) in [6, 6.07) is 16.1. The van der Waals surface area contributed by atoms with Gasteiger partial charge >= 0.3 is 0 Å². The fraction of sp³-hybridized carbons (Fsp3) is 0.318. The molecule has 30 heavy (non-hydrogen) atoms. The van der Waals surface area contributed by atoms with Crippen LogP contribution in [0, 0.1) is 0 Å². The van der Waals surface area contributed by atoms with E-state index in [9.17, 15) is 0 Å². The number of thiol groups is 1. The Balaban J connectivity index is 0.00000256. The molecule has 1 aliphatic rings. The first-order valence-corrected chi connectivity index (χ1v) is 11.2. The molecule has 2 heterocycles. The highest BCUT2D eigenvalue weighted by atomic mass is 79.9. The molecule has 0 bridgehead atoms. The van der Waals surface area contributed by atoms with Gasteiger partial charge in [0, 0.05) is 28.3 Å². The van der Waals surface area contributed by atoms with Crippen molar-refractivity contribution in [3.63, 3.8) is 0 Å². The number of benzene rings is 2. The second-order valence-corrected chi connectivity index (χ2v) is 9.15. The lowest BCUT2D eigenvalue weighted by Crippen LogP contribution is -2.37. The van der Waals surface area contributed by atoms with Crippen LogP contribution in [0.25, 0.3) is 0 Å². The van der Waals surface area contributed by atoms with Crippen LogP contribution in [0.15, 0.2) is 71.7 Å². The predicted molar refractivity (Wildman–Crippen MR) is 129 cm³/mol. The molecule has 0 spiro atoms. The molecule has 3 atom stereocenters. The Bertz CT molecular complexity index is 943. The second-order valence-electron chi connectivity index (χ2n) is 7.24. The highest BCUT2D eigenvalue weighted by molar-refractivity contribution is 9.10. The number of hydrogen-bond acceptors (Lipinski definition) is 4. The van der Waals surface area contributed by atoms with Crippen LogP contribution < -0.4 is 0 Å². The Morgan fingerprint density at radius 1 is 1.27 bits per heavy atom. The molecule has 0 amide bonds. The number of hydrogen-bond donors (Lipinski definition) is 1. The summed E-state index contributed by atoms with van der Waals surface area (Å²) in [7, 11) is 0. The summed E-state index contributed by atoms with van der Waals surface area (Å²) in [5.41, 5.74) is 2.30. The zero-order chi connectivity index (χ0) is 20.3. The normalized spacial score (nSPS) is 21.9. The summed E-state index contributed by atoms with van der Waals surface area (Å²) in [5.74, 6) is -0.724. The van der Waals surface area contributed by atoms with E-state index < -0.39 is 5.79 Å². The van der Waals surface area contributed by atoms with Crippen molar-refractivity contribution in [2.75, 3.05) is 6.61 Å². The van der Waals surface area contributed by atoms with E-state index in [0.29, 0.717) is 13.2 Å². The van der Waals surface area contributed by atoms with Gasteiger partial charge in [-0.3, -0.25) is 0 Å². The van der Waals surface area contributed by atoms with Gasteiger partial charge in [-0.1, -0.05) is 51.8 Å². The number of nitrogens with zero attached hydrogens (tertiary/aromatic N) is 2. The van der Waals surface area contributed by atoms with E-state index in [-0.39, 0.29) is 23.8 Å². The topological polar surface area (TPSA) is 36.3 Å². The third kappa shape index (κ3) is 5.81. The molecule has 3 aromatic rings. The molecule has 8 heteroatoms. The van der Waals surface area contributed by atoms with Crippen molar-refractivity contribution in [2.24, 2.45) is 0 Å². The van der Waals surface area contributed by atoms with Crippen molar-refractivity contribution in [3.8, 4) is 0 Å². The molecule has 2 aromatic carbocycles. The molecule has 1 fully saturated rings. The van der Waals surface area contributed by atoms with Crippen molar-refractivity contribution < 1.29 is 9.47 Å². The van der Waals surface area contributed by atoms with Gasteiger partial charge < -0.3 is 14.0 Å². The average molecular weight is 530 g/mol. The summed E-state index contributed by atoms with van der Waals surface area (Å²) < 4.78 is 15.8. The monoisotopic (exact) mass is 528 g/mol. The summed E-state index contributed by atoms with van der Waals surface area (Å²) in [6.45, 7) is 1.08. The maximum atomic E-state index is 6.54. The lowest BCUT2D eigenvalue weighted by Gasteiger charge is -2.29. The van der Waals surface area contributed by atoms with Gasteiger partial charge in [-0.25, -0.2) is 4.98 Å². The average Bonchev–Trinajstić information content (AvgIpc) is 3.38. The standard InChI is InChI=1S/C22H22BrClN2O2S.ClH/c23-18-3-1-2-17(12-18)21(29)20-13-27-22(28-20,14-26-11-10-25-15-26)9-8-16-4-6-19(24)7-5-16;/h1-7,10-12,15,20-21,29H,8-9,13-14H2;1H/t20-,21?,22+;/m0./s1. The minimum atomic E-state index is -0.724. The van der Waals surface area contributed by atoms with Crippen LogP contribution >= 0.6 is 52.6 Å². The predicted octanol–water partition coefficient (Wildman–Crippen LogP) is 6.14. The summed E-state index contributed by atoms with van der Waals surface area (Å²) >= 11 is 14.4. The fourth-order valence-electron chi connectivity index (χ4n) is 3.58. The van der Waals surface area contributed by atoms with Crippen molar-refractivity contribution in [2.45, 2.75) is 36.5 Å². The number of imidazole rings is 1. The highest BCUT2D eigenvalue weighted by Crippen LogP contribution is 2.38. The first kappa shape index (κ1) is 23.6. The third-order valence-corrected chi connectivity index (χ3v) is 6.49. The van der Waals surface area contributed by atoms with E-state index in [1.807, 2.05) is 47.2 Å². The van der Waals surface area contributed by atoms with Crippen LogP contribution in [0.2, 0.25) is 5.02 Å². The maximum Gasteiger partial charge on any atom is 0.187 e. The molecule has 0 aliphatic carbocycles. The van der Waals surface area contributed by atoms with E-state index in [1.165, 1.54) is 5.56 Å². The maximum absolute atomic E-state index is 6.54. The van der Waals surface area contributed by atoms with Gasteiger partial charge in [0.05, 0.1) is 24.7 Å². The lowest BCUT2D eigenvalue weighted by molar-refractivity contribution is -0.182. The van der Waals surface area contributed by atoms with E-state index in [2.05, 4.69) is 33.0 Å². The molecule has 4 rings (SSSR count). The largest absolute Gasteiger partial charge is 0.345 e. The molecule has 0 saturated carbocycles. The molecule has 1 aliphatic heterocycles. The van der Waals surface area contributed by atoms with Crippen LogP contribution in [0.1, 0.15) is 22.8 Å². The van der Waals surface area contributed by atoms with Crippen LogP contribution in [-0.2, 0) is 22.4 Å². The number of halogens is 3. The van der Waals surface area contributed by atoms with E-state index in [1.54, 1.807) is 12.5 Å². The minimum absolute atomic E-state index is 0. The summed E-state index contributed by atoms with van der Waals surface area (Å²) in [4.78, 5) is 4.15. The summed E-state index contributed by atoms with van der Waals surface area (Å²) in [6.07, 6.45) is 6.89. The molecule has 0 radical (unpaired) electrons. The fourth-order valence-corrected chi connectivity index (χ4v) is 4.43. The number of aryl methyl sites for hydroxylation is 1. The number of aromatic nitrogens is 2. The molecule has 0 N–H and O–H groups in total. The quantitative estimate of drug-likeness (QED) is 0.373. The minimum Gasteiger partial charge on any atom is -0.345 e. The molecular formula is C22H23BrCl2N2O2S. The van der Waals surface area contributed by atoms with E-state index >= 15 is 0 Å². The van der Waals surface area contributed by atoms with Crippen LogP contribution in [0.3, 0.4) is 0 Å². The summed E-state index contributed by atoms with van der Waals surface area (Å²) in [5, 5.41) is 0.662. The van der Waals surface area contributed by atoms with Crippen molar-refractivity contribution in [3.05, 3.63) is 87.9 Å². The second kappa shape index (κ2) is 10.5. The van der Waals surface area contributed by atoms with Crippen molar-refractivity contribution in [1.82, 2.24) is 9.55 Å². The highest BCUT2D eigenvalue weighted by Gasteiger charge is 2.44. The van der Waals surface area contributed by atoms with Gasteiger partial charge in [-0.15, -0.1) is 12.4 Å². The molecule has 160 valence electrons. The SMILES string of the molecule is Cl.SC(c1cccc(Br)c1)[C@@H]1CO[C@@](CCc2ccc(Cl)cc2)(Cn2ccnc2)O1. The Kier molecular flexibility index (Phi) is 8.30. The van der Waals surface area contributed by atoms with Gasteiger partial charge in [0.2, 0.25) is 0 Å². The Hall–Kier alpha value is -1.02. The van der Waals surface area contributed by atoms with Crippen LogP contribution in [0.4, 0.5) is 0 Å². The number of ether oxygens (including phenoxy) is 2. The molecule has 4 nitrogen and oxygen atoms in total. The van der Waals surface area contributed by atoms with Crippen molar-refractivity contribution in [1.29, 1.82) is 0 Å². The van der Waals surface area contributed by atoms with Gasteiger partial charge in [0.25, 0.3) is 0 Å². The number of rotatable bonds is 7. The molecule has 1 saturated heterocycles. The van der Waals surface area contributed by atoms with Gasteiger partial charge in [0.1, 0.15) is 6.10 Å². The van der Waals surface area contributed by atoms with E-state index in [4.69, 9.17) is 33.7 Å². The Morgan fingerprint density at radius 3 is 2.77 bits per heavy atom. The Labute approximate surface area is 201 Å². The molecular weight excluding hydrogens is 507 g/mol. The van der Waals surface area contributed by atoms with Crippen molar-refractivity contribution >= 4 is 52.6 Å². The van der Waals surface area contributed by atoms with Gasteiger partial charge in [-0.2, -0.15) is 12.6 Å². The molecule has 1 aromatic heterocycles. The zero-order valence-corrected chi connectivity index (χ0v) is 20.2.